The number of hydrogen-bond donors (Lipinski definition) is 0. The quantitative estimate of drug-likeness (QED) is 0.487. The SMILES string of the molecule is CC1C(=O)N2CSC[C@H]2N(I)N1C. The Hall–Kier alpha value is 0.470. The average molecular weight is 313 g/mol. The van der Waals surface area contributed by atoms with Gasteiger partial charge in [-0.25, -0.2) is 5.01 Å². The zero-order valence-corrected chi connectivity index (χ0v) is 10.6. The predicted octanol–water partition coefficient (Wildman–Crippen LogP) is 0.746. The van der Waals surface area contributed by atoms with Gasteiger partial charge in [0.25, 0.3) is 0 Å². The fraction of sp³-hybridized carbons (Fsp3) is 0.857. The second-order valence-electron chi connectivity index (χ2n) is 3.33. The summed E-state index contributed by atoms with van der Waals surface area (Å²) >= 11 is 4.10. The number of rotatable bonds is 0. The zero-order chi connectivity index (χ0) is 9.59. The summed E-state index contributed by atoms with van der Waals surface area (Å²) in [5, 5.41) is 2.01. The number of carbonyl (C=O) groups is 1. The molecule has 74 valence electrons. The van der Waals surface area contributed by atoms with Crippen molar-refractivity contribution in [1.29, 1.82) is 0 Å². The van der Waals surface area contributed by atoms with E-state index in [1.165, 1.54) is 0 Å². The van der Waals surface area contributed by atoms with E-state index in [2.05, 4.69) is 26.1 Å². The summed E-state index contributed by atoms with van der Waals surface area (Å²) in [7, 11) is 1.97. The van der Waals surface area contributed by atoms with Crippen molar-refractivity contribution in [2.24, 2.45) is 0 Å². The van der Waals surface area contributed by atoms with Crippen LogP contribution in [0.2, 0.25) is 0 Å². The Bertz CT molecular complexity index is 240. The number of nitrogens with zero attached hydrogens (tertiary/aromatic N) is 3. The molecule has 0 saturated carbocycles. The van der Waals surface area contributed by atoms with Crippen molar-refractivity contribution in [3.8, 4) is 0 Å². The van der Waals surface area contributed by atoms with E-state index in [1.54, 1.807) is 0 Å². The third-order valence-corrected chi connectivity index (χ3v) is 4.92. The Balaban J connectivity index is 2.24. The molecule has 13 heavy (non-hydrogen) atoms. The topological polar surface area (TPSA) is 26.8 Å². The molecule has 0 spiro atoms. The Morgan fingerprint density at radius 3 is 3.00 bits per heavy atom. The molecule has 0 aromatic carbocycles. The third-order valence-electron chi connectivity index (χ3n) is 2.61. The normalized spacial score (nSPS) is 36.8. The fourth-order valence-corrected chi connectivity index (χ4v) is 3.87. The van der Waals surface area contributed by atoms with E-state index in [9.17, 15) is 4.79 Å². The summed E-state index contributed by atoms with van der Waals surface area (Å²) < 4.78 is 2.13. The van der Waals surface area contributed by atoms with Gasteiger partial charge >= 0.3 is 0 Å². The van der Waals surface area contributed by atoms with E-state index in [1.807, 2.05) is 35.6 Å². The molecule has 1 unspecified atom stereocenters. The first-order valence-electron chi connectivity index (χ1n) is 4.19. The van der Waals surface area contributed by atoms with Crippen LogP contribution >= 0.6 is 34.6 Å². The lowest BCUT2D eigenvalue weighted by atomic mass is 10.2. The van der Waals surface area contributed by atoms with E-state index in [-0.39, 0.29) is 18.1 Å². The van der Waals surface area contributed by atoms with E-state index < -0.39 is 0 Å². The molecule has 2 heterocycles. The van der Waals surface area contributed by atoms with Crippen molar-refractivity contribution < 1.29 is 4.79 Å². The molecule has 0 N–H and O–H groups in total. The van der Waals surface area contributed by atoms with Crippen LogP contribution < -0.4 is 0 Å². The zero-order valence-electron chi connectivity index (χ0n) is 7.61. The Kier molecular flexibility index (Phi) is 2.74. The first-order chi connectivity index (χ1) is 6.13. The van der Waals surface area contributed by atoms with Gasteiger partial charge in [-0.3, -0.25) is 4.79 Å². The molecule has 2 rings (SSSR count). The van der Waals surface area contributed by atoms with E-state index in [0.717, 1.165) is 11.6 Å². The van der Waals surface area contributed by atoms with Crippen LogP contribution in [0.5, 0.6) is 0 Å². The van der Waals surface area contributed by atoms with E-state index >= 15 is 0 Å². The van der Waals surface area contributed by atoms with Gasteiger partial charge in [-0.15, -0.1) is 11.8 Å². The van der Waals surface area contributed by atoms with Gasteiger partial charge in [-0.2, -0.15) is 3.22 Å². The molecule has 0 aromatic rings. The number of fused-ring (bicyclic) bond motifs is 1. The van der Waals surface area contributed by atoms with Gasteiger partial charge < -0.3 is 4.90 Å². The van der Waals surface area contributed by atoms with Crippen molar-refractivity contribution in [3.05, 3.63) is 0 Å². The molecule has 0 aliphatic carbocycles. The van der Waals surface area contributed by atoms with Crippen LogP contribution in [0.3, 0.4) is 0 Å². The number of hydrazine groups is 1. The predicted molar refractivity (Wildman–Crippen MR) is 61.0 cm³/mol. The lowest BCUT2D eigenvalue weighted by Crippen LogP contribution is -2.62. The smallest absolute Gasteiger partial charge is 0.243 e. The molecule has 0 radical (unpaired) electrons. The molecular weight excluding hydrogens is 301 g/mol. The highest BCUT2D eigenvalue weighted by molar-refractivity contribution is 14.1. The highest BCUT2D eigenvalue weighted by atomic mass is 127. The Labute approximate surface area is 96.1 Å². The molecule has 1 amide bonds. The van der Waals surface area contributed by atoms with Crippen molar-refractivity contribution >= 4 is 40.5 Å². The number of hydrogen-bond acceptors (Lipinski definition) is 4. The van der Waals surface area contributed by atoms with Crippen molar-refractivity contribution in [3.63, 3.8) is 0 Å². The van der Waals surface area contributed by atoms with Crippen LogP contribution in [0.4, 0.5) is 0 Å². The van der Waals surface area contributed by atoms with Crippen molar-refractivity contribution in [2.45, 2.75) is 19.1 Å². The largest absolute Gasteiger partial charge is 0.313 e. The summed E-state index contributed by atoms with van der Waals surface area (Å²) in [5.41, 5.74) is 0. The minimum Gasteiger partial charge on any atom is -0.313 e. The van der Waals surface area contributed by atoms with Crippen LogP contribution in [0.15, 0.2) is 0 Å². The lowest BCUT2D eigenvalue weighted by molar-refractivity contribution is -0.156. The molecule has 4 nitrogen and oxygen atoms in total. The van der Waals surface area contributed by atoms with Gasteiger partial charge in [0.15, 0.2) is 0 Å². The number of halogens is 1. The monoisotopic (exact) mass is 313 g/mol. The van der Waals surface area contributed by atoms with Gasteiger partial charge in [0.1, 0.15) is 12.2 Å². The number of amides is 1. The molecule has 0 aromatic heterocycles. The van der Waals surface area contributed by atoms with E-state index in [4.69, 9.17) is 0 Å². The van der Waals surface area contributed by atoms with Crippen LogP contribution in [0, 0.1) is 0 Å². The number of thioether (sulfide) groups is 1. The van der Waals surface area contributed by atoms with Crippen LogP contribution in [0.1, 0.15) is 6.92 Å². The van der Waals surface area contributed by atoms with Crippen LogP contribution in [-0.4, -0.2) is 49.9 Å². The standard InChI is InChI=1S/C7H12IN3OS/c1-5-7(12)10-4-13-3-6(10)11(8)9(5)2/h5-6H,3-4H2,1-2H3/t5?,6-/m1/s1. The maximum absolute atomic E-state index is 11.8. The summed E-state index contributed by atoms with van der Waals surface area (Å²) in [6.45, 7) is 1.95. The van der Waals surface area contributed by atoms with Gasteiger partial charge in [0, 0.05) is 35.7 Å². The van der Waals surface area contributed by atoms with Gasteiger partial charge in [0.05, 0.1) is 5.88 Å². The minimum atomic E-state index is -0.0214. The average Bonchev–Trinajstić information content (AvgIpc) is 2.59. The molecule has 2 fully saturated rings. The first kappa shape index (κ1) is 10.0. The first-order valence-corrected chi connectivity index (χ1v) is 6.31. The maximum Gasteiger partial charge on any atom is 0.243 e. The Morgan fingerprint density at radius 2 is 2.31 bits per heavy atom. The van der Waals surface area contributed by atoms with Gasteiger partial charge in [0.2, 0.25) is 5.91 Å². The number of carbonyl (C=O) groups excluding carboxylic acids is 1. The molecule has 2 aliphatic heterocycles. The van der Waals surface area contributed by atoms with Gasteiger partial charge in [-0.05, 0) is 6.92 Å². The molecule has 2 aliphatic rings. The van der Waals surface area contributed by atoms with Crippen LogP contribution in [0.25, 0.3) is 0 Å². The molecular formula is C7H12IN3OS. The summed E-state index contributed by atoms with van der Waals surface area (Å²) in [6.07, 6.45) is 0.263. The molecule has 2 atom stereocenters. The number of likely N-dealkylation sites (N-methyl/N-ethyl adjacent to an activating group) is 1. The second kappa shape index (κ2) is 3.56. The minimum absolute atomic E-state index is 0.0214. The van der Waals surface area contributed by atoms with E-state index in [0.29, 0.717) is 0 Å². The lowest BCUT2D eigenvalue weighted by Gasteiger charge is -2.44. The maximum atomic E-state index is 11.8. The molecule has 6 heteroatoms. The van der Waals surface area contributed by atoms with Crippen LogP contribution in [-0.2, 0) is 4.79 Å². The summed E-state index contributed by atoms with van der Waals surface area (Å²) in [5.74, 6) is 2.12. The third kappa shape index (κ3) is 1.47. The van der Waals surface area contributed by atoms with Crippen molar-refractivity contribution in [1.82, 2.24) is 13.1 Å². The highest BCUT2D eigenvalue weighted by Crippen LogP contribution is 2.32. The summed E-state index contributed by atoms with van der Waals surface area (Å²) in [4.78, 5) is 13.8. The fourth-order valence-electron chi connectivity index (χ4n) is 1.60. The molecule has 2 saturated heterocycles. The molecule has 0 bridgehead atoms. The van der Waals surface area contributed by atoms with Crippen molar-refractivity contribution in [2.75, 3.05) is 18.7 Å². The van der Waals surface area contributed by atoms with Gasteiger partial charge in [-0.1, -0.05) is 0 Å². The second-order valence-corrected chi connectivity index (χ2v) is 5.32. The Morgan fingerprint density at radius 1 is 1.62 bits per heavy atom. The highest BCUT2D eigenvalue weighted by Gasteiger charge is 2.43. The summed E-state index contributed by atoms with van der Waals surface area (Å²) in [6, 6.07) is -0.0214.